The molecule has 154 valence electrons. The number of ether oxygens (including phenoxy) is 1. The van der Waals surface area contributed by atoms with Crippen molar-refractivity contribution in [2.45, 2.75) is 38.8 Å². The van der Waals surface area contributed by atoms with Gasteiger partial charge in [0.1, 0.15) is 6.10 Å². The van der Waals surface area contributed by atoms with E-state index in [1.165, 1.54) is 0 Å². The van der Waals surface area contributed by atoms with E-state index in [1.54, 1.807) is 16.0 Å². The number of carbonyl (C=O) groups excluding carboxylic acids is 2. The van der Waals surface area contributed by atoms with Crippen molar-refractivity contribution < 1.29 is 14.3 Å². The van der Waals surface area contributed by atoms with Crippen LogP contribution in [0.3, 0.4) is 0 Å². The standard InChI is InChI=1S/C21H27N5O3/c1-2-25-14-16(13-22-25)19-15-24(10-11-29-19)21(28)23-17-6-5-7-18(12-17)26-9-4-3-8-20(26)27/h5-7,12-14,19H,2-4,8-11,15H2,1H3,(H,23,28). The number of benzene rings is 1. The van der Waals surface area contributed by atoms with Crippen molar-refractivity contribution in [3.63, 3.8) is 0 Å². The SMILES string of the molecule is CCn1cc(C2CN(C(=O)Nc3cccc(N4CCCCC4=O)c3)CCO2)cn1. The number of amides is 3. The zero-order chi connectivity index (χ0) is 20.2. The van der Waals surface area contributed by atoms with Crippen molar-refractivity contribution in [2.24, 2.45) is 0 Å². The summed E-state index contributed by atoms with van der Waals surface area (Å²) in [6.45, 7) is 5.06. The fraction of sp³-hybridized carbons (Fsp3) is 0.476. The molecule has 2 aliphatic rings. The Morgan fingerprint density at radius 1 is 1.31 bits per heavy atom. The summed E-state index contributed by atoms with van der Waals surface area (Å²) in [5, 5.41) is 7.26. The highest BCUT2D eigenvalue weighted by molar-refractivity contribution is 5.95. The molecule has 2 aromatic rings. The summed E-state index contributed by atoms with van der Waals surface area (Å²) in [7, 11) is 0. The third kappa shape index (κ3) is 4.42. The van der Waals surface area contributed by atoms with E-state index < -0.39 is 0 Å². The van der Waals surface area contributed by atoms with Gasteiger partial charge in [-0.2, -0.15) is 5.10 Å². The van der Waals surface area contributed by atoms with Gasteiger partial charge < -0.3 is 19.9 Å². The molecule has 1 atom stereocenters. The molecule has 0 spiro atoms. The van der Waals surface area contributed by atoms with E-state index >= 15 is 0 Å². The van der Waals surface area contributed by atoms with E-state index in [0.717, 1.165) is 37.2 Å². The minimum absolute atomic E-state index is 0.142. The number of hydrogen-bond donors (Lipinski definition) is 1. The van der Waals surface area contributed by atoms with Gasteiger partial charge in [-0.3, -0.25) is 9.48 Å². The number of nitrogens with one attached hydrogen (secondary N) is 1. The molecular weight excluding hydrogens is 370 g/mol. The van der Waals surface area contributed by atoms with Gasteiger partial charge in [0, 0.05) is 49.2 Å². The van der Waals surface area contributed by atoms with Gasteiger partial charge in [-0.05, 0) is 38.0 Å². The highest BCUT2D eigenvalue weighted by atomic mass is 16.5. The normalized spacial score (nSPS) is 20.0. The lowest BCUT2D eigenvalue weighted by atomic mass is 10.1. The predicted octanol–water partition coefficient (Wildman–Crippen LogP) is 3.03. The quantitative estimate of drug-likeness (QED) is 0.860. The Balaban J connectivity index is 1.41. The van der Waals surface area contributed by atoms with Crippen LogP contribution in [0.5, 0.6) is 0 Å². The van der Waals surface area contributed by atoms with E-state index in [0.29, 0.717) is 31.8 Å². The maximum absolute atomic E-state index is 12.8. The summed E-state index contributed by atoms with van der Waals surface area (Å²) >= 11 is 0. The number of aromatic nitrogens is 2. The zero-order valence-electron chi connectivity index (χ0n) is 16.7. The van der Waals surface area contributed by atoms with E-state index in [4.69, 9.17) is 4.74 Å². The number of rotatable bonds is 4. The lowest BCUT2D eigenvalue weighted by Crippen LogP contribution is -2.44. The van der Waals surface area contributed by atoms with E-state index in [1.807, 2.05) is 42.1 Å². The van der Waals surface area contributed by atoms with Crippen molar-refractivity contribution in [1.29, 1.82) is 0 Å². The second kappa shape index (κ2) is 8.65. The molecule has 2 fully saturated rings. The zero-order valence-corrected chi connectivity index (χ0v) is 16.7. The number of urea groups is 1. The number of carbonyl (C=O) groups is 2. The second-order valence-electron chi connectivity index (χ2n) is 7.42. The Morgan fingerprint density at radius 2 is 2.21 bits per heavy atom. The predicted molar refractivity (Wildman–Crippen MR) is 110 cm³/mol. The second-order valence-corrected chi connectivity index (χ2v) is 7.42. The van der Waals surface area contributed by atoms with Crippen LogP contribution in [0.1, 0.15) is 37.9 Å². The first-order chi connectivity index (χ1) is 14.1. The lowest BCUT2D eigenvalue weighted by molar-refractivity contribution is -0.119. The Kier molecular flexibility index (Phi) is 5.80. The summed E-state index contributed by atoms with van der Waals surface area (Å²) in [5.74, 6) is 0.142. The summed E-state index contributed by atoms with van der Waals surface area (Å²) in [5.41, 5.74) is 2.50. The molecule has 1 N–H and O–H groups in total. The van der Waals surface area contributed by atoms with Crippen LogP contribution in [0.25, 0.3) is 0 Å². The Labute approximate surface area is 170 Å². The van der Waals surface area contributed by atoms with Gasteiger partial charge in [-0.25, -0.2) is 4.79 Å². The van der Waals surface area contributed by atoms with Gasteiger partial charge in [0.05, 0.1) is 19.3 Å². The Bertz CT molecular complexity index is 881. The van der Waals surface area contributed by atoms with Crippen LogP contribution in [-0.2, 0) is 16.1 Å². The number of hydrogen-bond acceptors (Lipinski definition) is 4. The molecule has 0 saturated carbocycles. The van der Waals surface area contributed by atoms with E-state index in [-0.39, 0.29) is 18.0 Å². The third-order valence-corrected chi connectivity index (χ3v) is 5.44. The number of aryl methyl sites for hydroxylation is 1. The lowest BCUT2D eigenvalue weighted by Gasteiger charge is -2.32. The number of anilines is 2. The van der Waals surface area contributed by atoms with Crippen LogP contribution in [0.4, 0.5) is 16.2 Å². The topological polar surface area (TPSA) is 79.7 Å². The molecule has 1 aromatic carbocycles. The van der Waals surface area contributed by atoms with Crippen molar-refractivity contribution in [3.8, 4) is 0 Å². The summed E-state index contributed by atoms with van der Waals surface area (Å²) < 4.78 is 7.70. The summed E-state index contributed by atoms with van der Waals surface area (Å²) in [4.78, 5) is 28.6. The molecule has 0 radical (unpaired) electrons. The van der Waals surface area contributed by atoms with Gasteiger partial charge >= 0.3 is 6.03 Å². The average molecular weight is 397 g/mol. The molecular formula is C21H27N5O3. The minimum atomic E-state index is -0.174. The minimum Gasteiger partial charge on any atom is -0.370 e. The van der Waals surface area contributed by atoms with Crippen LogP contribution in [0, 0.1) is 0 Å². The largest absolute Gasteiger partial charge is 0.370 e. The van der Waals surface area contributed by atoms with Gasteiger partial charge in [-0.1, -0.05) is 6.07 Å². The average Bonchev–Trinajstić information content (AvgIpc) is 3.24. The maximum Gasteiger partial charge on any atom is 0.322 e. The molecule has 8 heteroatoms. The first kappa shape index (κ1) is 19.4. The van der Waals surface area contributed by atoms with Gasteiger partial charge in [-0.15, -0.1) is 0 Å². The van der Waals surface area contributed by atoms with E-state index in [9.17, 15) is 9.59 Å². The molecule has 3 amide bonds. The van der Waals surface area contributed by atoms with Crippen LogP contribution in [0.15, 0.2) is 36.7 Å². The van der Waals surface area contributed by atoms with Gasteiger partial charge in [0.15, 0.2) is 0 Å². The van der Waals surface area contributed by atoms with Crippen molar-refractivity contribution in [3.05, 3.63) is 42.2 Å². The summed E-state index contributed by atoms with van der Waals surface area (Å²) in [6.07, 6.45) is 6.13. The van der Waals surface area contributed by atoms with E-state index in [2.05, 4.69) is 10.4 Å². The molecule has 8 nitrogen and oxygen atoms in total. The molecule has 4 rings (SSSR count). The third-order valence-electron chi connectivity index (χ3n) is 5.44. The van der Waals surface area contributed by atoms with Gasteiger partial charge in [0.2, 0.25) is 5.91 Å². The van der Waals surface area contributed by atoms with Crippen LogP contribution < -0.4 is 10.2 Å². The molecule has 29 heavy (non-hydrogen) atoms. The van der Waals surface area contributed by atoms with Crippen molar-refractivity contribution in [2.75, 3.05) is 36.5 Å². The summed E-state index contributed by atoms with van der Waals surface area (Å²) in [6, 6.07) is 7.33. The van der Waals surface area contributed by atoms with Gasteiger partial charge in [0.25, 0.3) is 0 Å². The number of nitrogens with zero attached hydrogens (tertiary/aromatic N) is 4. The molecule has 0 aliphatic carbocycles. The molecule has 1 aromatic heterocycles. The molecule has 2 aliphatic heterocycles. The Hall–Kier alpha value is -2.87. The number of morpholine rings is 1. The fourth-order valence-corrected chi connectivity index (χ4v) is 3.79. The van der Waals surface area contributed by atoms with Crippen LogP contribution in [-0.4, -0.2) is 52.9 Å². The van der Waals surface area contributed by atoms with Crippen molar-refractivity contribution in [1.82, 2.24) is 14.7 Å². The maximum atomic E-state index is 12.8. The monoisotopic (exact) mass is 397 g/mol. The van der Waals surface area contributed by atoms with Crippen molar-refractivity contribution >= 4 is 23.3 Å². The fourth-order valence-electron chi connectivity index (χ4n) is 3.79. The first-order valence-corrected chi connectivity index (χ1v) is 10.2. The highest BCUT2D eigenvalue weighted by Gasteiger charge is 2.27. The molecule has 0 bridgehead atoms. The molecule has 1 unspecified atom stereocenters. The smallest absolute Gasteiger partial charge is 0.322 e. The Morgan fingerprint density at radius 3 is 3.00 bits per heavy atom. The first-order valence-electron chi connectivity index (χ1n) is 10.2. The number of piperidine rings is 1. The molecule has 2 saturated heterocycles. The van der Waals surface area contributed by atoms with Crippen LogP contribution >= 0.6 is 0 Å². The highest BCUT2D eigenvalue weighted by Crippen LogP contribution is 2.25. The van der Waals surface area contributed by atoms with Crippen LogP contribution in [0.2, 0.25) is 0 Å². The molecule has 3 heterocycles.